The van der Waals surface area contributed by atoms with Crippen LogP contribution in [-0.2, 0) is 0 Å². The number of hydrogen-bond donors (Lipinski definition) is 0. The summed E-state index contributed by atoms with van der Waals surface area (Å²) in [6, 6.07) is 2.53. The minimum Gasteiger partial charge on any atom is -0.436 e. The average molecular weight is 225 g/mol. The molecule has 0 saturated heterocycles. The first kappa shape index (κ1) is 10.7. The molecule has 0 spiro atoms. The molecule has 0 radical (unpaired) electrons. The van der Waals surface area contributed by atoms with E-state index in [4.69, 9.17) is 4.42 Å². The van der Waals surface area contributed by atoms with Crippen molar-refractivity contribution in [3.8, 4) is 0 Å². The van der Waals surface area contributed by atoms with Gasteiger partial charge in [-0.05, 0) is 25.5 Å². The van der Waals surface area contributed by atoms with Crippen LogP contribution in [0.5, 0.6) is 0 Å². The number of hydrogen-bond acceptors (Lipinski definition) is 3. The van der Waals surface area contributed by atoms with Crippen LogP contribution in [0.15, 0.2) is 21.3 Å². The fourth-order valence-corrected chi connectivity index (χ4v) is 1.63. The van der Waals surface area contributed by atoms with Crippen molar-refractivity contribution in [1.29, 1.82) is 0 Å². The predicted molar refractivity (Wildman–Crippen MR) is 54.7 cm³/mol. The van der Waals surface area contributed by atoms with Gasteiger partial charge in [-0.15, -0.1) is 0 Å². The van der Waals surface area contributed by atoms with Crippen LogP contribution in [0.1, 0.15) is 23.4 Å². The minimum absolute atomic E-state index is 0.0275. The summed E-state index contributed by atoms with van der Waals surface area (Å²) in [6.45, 7) is 3.43. The van der Waals surface area contributed by atoms with E-state index in [1.165, 1.54) is 0 Å². The molecule has 84 valence electrons. The van der Waals surface area contributed by atoms with Crippen molar-refractivity contribution in [1.82, 2.24) is 4.98 Å². The molecule has 0 unspecified atom stereocenters. The number of pyridine rings is 1. The summed E-state index contributed by atoms with van der Waals surface area (Å²) < 4.78 is 29.7. The lowest BCUT2D eigenvalue weighted by atomic mass is 10.1. The molecule has 0 fully saturated rings. The minimum atomic E-state index is -2.81. The molecule has 0 bridgehead atoms. The molecule has 3 nitrogen and oxygen atoms in total. The van der Waals surface area contributed by atoms with Crippen LogP contribution < -0.4 is 5.43 Å². The number of nitrogens with zero attached hydrogens (tertiary/aromatic N) is 1. The molecular weight excluding hydrogens is 216 g/mol. The average Bonchev–Trinajstić information content (AvgIpc) is 2.15. The van der Waals surface area contributed by atoms with Gasteiger partial charge in [-0.2, -0.15) is 0 Å². The predicted octanol–water partition coefficient (Wildman–Crippen LogP) is 2.74. The van der Waals surface area contributed by atoms with Crippen LogP contribution in [0.3, 0.4) is 0 Å². The second kappa shape index (κ2) is 3.66. The lowest BCUT2D eigenvalue weighted by Gasteiger charge is -2.04. The van der Waals surface area contributed by atoms with E-state index in [0.717, 1.165) is 6.07 Å². The van der Waals surface area contributed by atoms with E-state index in [1.54, 1.807) is 19.9 Å². The van der Waals surface area contributed by atoms with Gasteiger partial charge in [0.05, 0.1) is 5.39 Å². The van der Waals surface area contributed by atoms with E-state index in [2.05, 4.69) is 4.98 Å². The second-order valence-electron chi connectivity index (χ2n) is 3.57. The number of aromatic nitrogens is 1. The Kier molecular flexibility index (Phi) is 2.46. The third-order valence-electron chi connectivity index (χ3n) is 2.26. The second-order valence-corrected chi connectivity index (χ2v) is 3.57. The Balaban J connectivity index is 2.87. The molecule has 0 saturated carbocycles. The standard InChI is InChI=1S/C11H9F2NO2/c1-5-3-6(2)14-11-9(5)7(15)4-8(16-11)10(12)13/h3-4,10H,1-2H3. The van der Waals surface area contributed by atoms with Gasteiger partial charge in [-0.3, -0.25) is 4.79 Å². The Labute approximate surface area is 89.7 Å². The van der Waals surface area contributed by atoms with E-state index < -0.39 is 17.6 Å². The zero-order valence-corrected chi connectivity index (χ0v) is 8.75. The quantitative estimate of drug-likeness (QED) is 0.749. The first-order valence-electron chi connectivity index (χ1n) is 4.69. The van der Waals surface area contributed by atoms with E-state index in [-0.39, 0.29) is 11.1 Å². The lowest BCUT2D eigenvalue weighted by molar-refractivity contribution is 0.122. The molecule has 5 heteroatoms. The first-order valence-corrected chi connectivity index (χ1v) is 4.69. The third kappa shape index (κ3) is 1.68. The number of rotatable bonds is 1. The fraction of sp³-hybridized carbons (Fsp3) is 0.273. The molecule has 0 aliphatic carbocycles. The number of aryl methyl sites for hydroxylation is 2. The van der Waals surface area contributed by atoms with Crippen molar-refractivity contribution in [2.75, 3.05) is 0 Å². The van der Waals surface area contributed by atoms with Crippen LogP contribution >= 0.6 is 0 Å². The molecule has 0 aliphatic rings. The molecule has 16 heavy (non-hydrogen) atoms. The topological polar surface area (TPSA) is 43.1 Å². The van der Waals surface area contributed by atoms with Crippen LogP contribution in [0, 0.1) is 13.8 Å². The number of alkyl halides is 2. The first-order chi connectivity index (χ1) is 7.49. The molecule has 2 aromatic heterocycles. The number of fused-ring (bicyclic) bond motifs is 1. The van der Waals surface area contributed by atoms with Gasteiger partial charge in [-0.25, -0.2) is 13.8 Å². The van der Waals surface area contributed by atoms with E-state index in [0.29, 0.717) is 11.3 Å². The van der Waals surface area contributed by atoms with E-state index in [1.807, 2.05) is 0 Å². The molecule has 2 rings (SSSR count). The maximum absolute atomic E-state index is 12.4. The van der Waals surface area contributed by atoms with Gasteiger partial charge in [0.2, 0.25) is 5.71 Å². The van der Waals surface area contributed by atoms with Gasteiger partial charge in [0.15, 0.2) is 11.2 Å². The van der Waals surface area contributed by atoms with Crippen LogP contribution in [0.2, 0.25) is 0 Å². The summed E-state index contributed by atoms with van der Waals surface area (Å²) in [5.74, 6) is -0.644. The van der Waals surface area contributed by atoms with Gasteiger partial charge in [0, 0.05) is 11.8 Å². The molecule has 0 atom stereocenters. The summed E-state index contributed by atoms with van der Waals surface area (Å²) in [6.07, 6.45) is -2.81. The third-order valence-corrected chi connectivity index (χ3v) is 2.26. The Hall–Kier alpha value is -1.78. The van der Waals surface area contributed by atoms with Gasteiger partial charge >= 0.3 is 0 Å². The van der Waals surface area contributed by atoms with Gasteiger partial charge in [0.1, 0.15) is 0 Å². The van der Waals surface area contributed by atoms with Crippen molar-refractivity contribution in [3.05, 3.63) is 39.4 Å². The Morgan fingerprint density at radius 1 is 1.31 bits per heavy atom. The van der Waals surface area contributed by atoms with E-state index in [9.17, 15) is 13.6 Å². The maximum Gasteiger partial charge on any atom is 0.295 e. The van der Waals surface area contributed by atoms with Crippen LogP contribution in [-0.4, -0.2) is 4.98 Å². The highest BCUT2D eigenvalue weighted by Crippen LogP contribution is 2.21. The highest BCUT2D eigenvalue weighted by Gasteiger charge is 2.15. The Morgan fingerprint density at radius 2 is 2.00 bits per heavy atom. The van der Waals surface area contributed by atoms with Crippen molar-refractivity contribution < 1.29 is 13.2 Å². The van der Waals surface area contributed by atoms with Crippen molar-refractivity contribution in [2.24, 2.45) is 0 Å². The van der Waals surface area contributed by atoms with Gasteiger partial charge in [0.25, 0.3) is 6.43 Å². The van der Waals surface area contributed by atoms with Gasteiger partial charge in [-0.1, -0.05) is 0 Å². The molecular formula is C11H9F2NO2. The summed E-state index contributed by atoms with van der Waals surface area (Å²) in [5, 5.41) is 0.259. The van der Waals surface area contributed by atoms with Crippen LogP contribution in [0.25, 0.3) is 11.1 Å². The van der Waals surface area contributed by atoms with Crippen LogP contribution in [0.4, 0.5) is 8.78 Å². The highest BCUT2D eigenvalue weighted by molar-refractivity contribution is 5.76. The van der Waals surface area contributed by atoms with Crippen molar-refractivity contribution in [3.63, 3.8) is 0 Å². The summed E-state index contributed by atoms with van der Waals surface area (Å²) >= 11 is 0. The van der Waals surface area contributed by atoms with Crippen molar-refractivity contribution in [2.45, 2.75) is 20.3 Å². The summed E-state index contributed by atoms with van der Waals surface area (Å²) in [4.78, 5) is 15.5. The molecule has 2 heterocycles. The fourth-order valence-electron chi connectivity index (χ4n) is 1.63. The maximum atomic E-state index is 12.4. The van der Waals surface area contributed by atoms with Crippen molar-refractivity contribution >= 4 is 11.1 Å². The zero-order chi connectivity index (χ0) is 11.9. The molecule has 0 aromatic carbocycles. The van der Waals surface area contributed by atoms with Gasteiger partial charge < -0.3 is 4.42 Å². The SMILES string of the molecule is Cc1cc(C)c2c(=O)cc(C(F)F)oc2n1. The summed E-state index contributed by atoms with van der Waals surface area (Å²) in [7, 11) is 0. The zero-order valence-electron chi connectivity index (χ0n) is 8.75. The summed E-state index contributed by atoms with van der Waals surface area (Å²) in [5.41, 5.74) is 0.790. The highest BCUT2D eigenvalue weighted by atomic mass is 19.3. The Bertz CT molecular complexity index is 605. The smallest absolute Gasteiger partial charge is 0.295 e. The number of halogens is 2. The lowest BCUT2D eigenvalue weighted by Crippen LogP contribution is -2.06. The molecule has 0 N–H and O–H groups in total. The monoisotopic (exact) mass is 225 g/mol. The molecule has 2 aromatic rings. The van der Waals surface area contributed by atoms with E-state index >= 15 is 0 Å². The normalized spacial score (nSPS) is 11.3. The Morgan fingerprint density at radius 3 is 2.62 bits per heavy atom. The molecule has 0 aliphatic heterocycles. The molecule has 0 amide bonds. The largest absolute Gasteiger partial charge is 0.436 e.